The molecule has 134 valence electrons. The highest BCUT2D eigenvalue weighted by molar-refractivity contribution is 7.16. The van der Waals surface area contributed by atoms with Crippen molar-refractivity contribution < 1.29 is 4.79 Å². The van der Waals surface area contributed by atoms with E-state index in [2.05, 4.69) is 31.9 Å². The van der Waals surface area contributed by atoms with Gasteiger partial charge in [-0.05, 0) is 43.5 Å². The zero-order valence-electron chi connectivity index (χ0n) is 14.3. The van der Waals surface area contributed by atoms with E-state index in [0.717, 1.165) is 48.9 Å². The molecular formula is C18H20N6OS. The summed E-state index contributed by atoms with van der Waals surface area (Å²) in [6, 6.07) is 5.66. The van der Waals surface area contributed by atoms with Crippen molar-refractivity contribution >= 4 is 33.9 Å². The van der Waals surface area contributed by atoms with Crippen LogP contribution in [0.4, 0.5) is 21.3 Å². The molecule has 7 nitrogen and oxygen atoms in total. The fourth-order valence-electron chi connectivity index (χ4n) is 3.40. The van der Waals surface area contributed by atoms with Crippen molar-refractivity contribution in [2.45, 2.75) is 25.8 Å². The number of carbonyl (C=O) groups is 1. The van der Waals surface area contributed by atoms with Gasteiger partial charge in [0.2, 0.25) is 0 Å². The van der Waals surface area contributed by atoms with Gasteiger partial charge in [-0.3, -0.25) is 5.32 Å². The zero-order valence-corrected chi connectivity index (χ0v) is 15.2. The maximum atomic E-state index is 12.3. The largest absolute Gasteiger partial charge is 0.357 e. The summed E-state index contributed by atoms with van der Waals surface area (Å²) in [5, 5.41) is 19.0. The van der Waals surface area contributed by atoms with Crippen LogP contribution in [-0.2, 0) is 13.0 Å². The number of hydrogen-bond donors (Lipinski definition) is 3. The molecule has 1 saturated heterocycles. The Hall–Kier alpha value is -2.63. The number of pyridine rings is 1. The predicted octanol–water partition coefficient (Wildman–Crippen LogP) is 2.90. The van der Waals surface area contributed by atoms with Crippen molar-refractivity contribution in [3.63, 3.8) is 0 Å². The molecule has 2 aliphatic heterocycles. The van der Waals surface area contributed by atoms with Crippen molar-refractivity contribution in [2.24, 2.45) is 0 Å². The minimum absolute atomic E-state index is 0.358. The third kappa shape index (κ3) is 3.36. The number of nitrogens with zero attached hydrogens (tertiary/aromatic N) is 3. The Morgan fingerprint density at radius 2 is 2.15 bits per heavy atom. The topological polar surface area (TPSA) is 93.1 Å². The van der Waals surface area contributed by atoms with E-state index in [-0.39, 0.29) is 6.03 Å². The van der Waals surface area contributed by atoms with Crippen LogP contribution < -0.4 is 20.9 Å². The van der Waals surface area contributed by atoms with Crippen LogP contribution in [0.1, 0.15) is 28.8 Å². The first-order valence-corrected chi connectivity index (χ1v) is 9.60. The normalized spacial score (nSPS) is 16.0. The molecule has 2 aliphatic rings. The van der Waals surface area contributed by atoms with Crippen LogP contribution in [0.3, 0.4) is 0 Å². The van der Waals surface area contributed by atoms with Crippen molar-refractivity contribution in [3.05, 3.63) is 34.3 Å². The van der Waals surface area contributed by atoms with Crippen molar-refractivity contribution in [1.29, 1.82) is 5.26 Å². The lowest BCUT2D eigenvalue weighted by Crippen LogP contribution is -2.22. The van der Waals surface area contributed by atoms with Crippen LogP contribution in [0.25, 0.3) is 0 Å². The number of fused-ring (bicyclic) bond motifs is 1. The van der Waals surface area contributed by atoms with Crippen molar-refractivity contribution in [2.75, 3.05) is 35.2 Å². The van der Waals surface area contributed by atoms with Gasteiger partial charge in [0.15, 0.2) is 0 Å². The minimum atomic E-state index is -0.358. The van der Waals surface area contributed by atoms with Gasteiger partial charge >= 0.3 is 6.03 Å². The van der Waals surface area contributed by atoms with E-state index in [1.165, 1.54) is 24.2 Å². The lowest BCUT2D eigenvalue weighted by atomic mass is 10.1. The molecule has 2 aromatic rings. The van der Waals surface area contributed by atoms with E-state index in [1.807, 2.05) is 12.1 Å². The number of rotatable bonds is 3. The molecule has 1 fully saturated rings. The van der Waals surface area contributed by atoms with E-state index in [1.54, 1.807) is 6.20 Å². The fourth-order valence-corrected chi connectivity index (χ4v) is 4.56. The highest BCUT2D eigenvalue weighted by Gasteiger charge is 2.21. The van der Waals surface area contributed by atoms with E-state index < -0.39 is 0 Å². The average Bonchev–Trinajstić information content (AvgIpc) is 3.29. The minimum Gasteiger partial charge on any atom is -0.357 e. The lowest BCUT2D eigenvalue weighted by Gasteiger charge is -2.16. The molecule has 8 heteroatoms. The third-order valence-electron chi connectivity index (χ3n) is 4.70. The molecule has 0 bridgehead atoms. The van der Waals surface area contributed by atoms with Gasteiger partial charge in [-0.15, -0.1) is 11.3 Å². The molecule has 0 atom stereocenters. The van der Waals surface area contributed by atoms with Crippen molar-refractivity contribution in [1.82, 2.24) is 10.3 Å². The molecule has 0 unspecified atom stereocenters. The van der Waals surface area contributed by atoms with E-state index in [0.29, 0.717) is 16.3 Å². The lowest BCUT2D eigenvalue weighted by molar-refractivity contribution is 0.262. The summed E-state index contributed by atoms with van der Waals surface area (Å²) in [6.45, 7) is 3.68. The Morgan fingerprint density at radius 1 is 1.31 bits per heavy atom. The number of nitrogens with one attached hydrogen (secondary N) is 3. The van der Waals surface area contributed by atoms with Crippen LogP contribution >= 0.6 is 11.3 Å². The molecule has 0 radical (unpaired) electrons. The summed E-state index contributed by atoms with van der Waals surface area (Å²) < 4.78 is 0. The first-order valence-electron chi connectivity index (χ1n) is 8.79. The van der Waals surface area contributed by atoms with Gasteiger partial charge in [0, 0.05) is 24.5 Å². The molecule has 26 heavy (non-hydrogen) atoms. The number of hydrogen-bond acceptors (Lipinski definition) is 6. The second-order valence-electron chi connectivity index (χ2n) is 6.42. The number of urea groups is 1. The number of carbonyl (C=O) groups excluding carboxylic acids is 1. The standard InChI is InChI=1S/C18H20N6OS/c19-9-14-13-5-6-20-11-15(13)26-17(14)23-18(25)22-12-3-4-16(21-10-12)24-7-1-2-8-24/h3-4,10,20H,1-2,5-8,11H2,(H2,22,23,25). The summed E-state index contributed by atoms with van der Waals surface area (Å²) in [6.07, 6.45) is 4.89. The molecule has 0 aliphatic carbocycles. The average molecular weight is 368 g/mol. The Kier molecular flexibility index (Phi) is 4.73. The Labute approximate surface area is 156 Å². The van der Waals surface area contributed by atoms with E-state index in [9.17, 15) is 10.1 Å². The van der Waals surface area contributed by atoms with Gasteiger partial charge in [-0.25, -0.2) is 9.78 Å². The summed E-state index contributed by atoms with van der Waals surface area (Å²) in [4.78, 5) is 20.1. The first kappa shape index (κ1) is 16.8. The molecule has 2 aromatic heterocycles. The first-order chi connectivity index (χ1) is 12.7. The van der Waals surface area contributed by atoms with E-state index >= 15 is 0 Å². The monoisotopic (exact) mass is 368 g/mol. The molecule has 4 heterocycles. The molecule has 4 rings (SSSR count). The Morgan fingerprint density at radius 3 is 2.88 bits per heavy atom. The molecule has 2 amide bonds. The van der Waals surface area contributed by atoms with Crippen LogP contribution in [-0.4, -0.2) is 30.6 Å². The summed E-state index contributed by atoms with van der Waals surface area (Å²) >= 11 is 1.47. The zero-order chi connectivity index (χ0) is 17.9. The second-order valence-corrected chi connectivity index (χ2v) is 7.53. The number of amides is 2. The SMILES string of the molecule is N#Cc1c(NC(=O)Nc2ccc(N3CCCC3)nc2)sc2c1CCNC2. The molecule has 0 saturated carbocycles. The third-order valence-corrected chi connectivity index (χ3v) is 5.85. The summed E-state index contributed by atoms with van der Waals surface area (Å²) in [7, 11) is 0. The van der Waals surface area contributed by atoms with Crippen LogP contribution in [0.5, 0.6) is 0 Å². The Bertz CT molecular complexity index is 848. The Balaban J connectivity index is 1.43. The van der Waals surface area contributed by atoms with Gasteiger partial charge in [0.05, 0.1) is 17.4 Å². The van der Waals surface area contributed by atoms with Gasteiger partial charge < -0.3 is 15.5 Å². The quantitative estimate of drug-likeness (QED) is 0.775. The maximum absolute atomic E-state index is 12.3. The van der Waals surface area contributed by atoms with Gasteiger partial charge in [-0.1, -0.05) is 0 Å². The summed E-state index contributed by atoms with van der Waals surface area (Å²) in [5.74, 6) is 0.943. The van der Waals surface area contributed by atoms with Gasteiger partial charge in [0.25, 0.3) is 0 Å². The smallest absolute Gasteiger partial charge is 0.324 e. The predicted molar refractivity (Wildman–Crippen MR) is 103 cm³/mol. The van der Waals surface area contributed by atoms with Gasteiger partial charge in [0.1, 0.15) is 16.9 Å². The molecular weight excluding hydrogens is 348 g/mol. The number of nitriles is 1. The van der Waals surface area contributed by atoms with Gasteiger partial charge in [-0.2, -0.15) is 5.26 Å². The summed E-state index contributed by atoms with van der Waals surface area (Å²) in [5.41, 5.74) is 2.28. The van der Waals surface area contributed by atoms with E-state index in [4.69, 9.17) is 0 Å². The number of anilines is 3. The second kappa shape index (κ2) is 7.32. The molecule has 3 N–H and O–H groups in total. The number of aromatic nitrogens is 1. The fraction of sp³-hybridized carbons (Fsp3) is 0.389. The highest BCUT2D eigenvalue weighted by Crippen LogP contribution is 2.34. The molecule has 0 spiro atoms. The van der Waals surface area contributed by atoms with Crippen LogP contribution in [0, 0.1) is 11.3 Å². The molecule has 0 aromatic carbocycles. The van der Waals surface area contributed by atoms with Crippen molar-refractivity contribution in [3.8, 4) is 6.07 Å². The maximum Gasteiger partial charge on any atom is 0.324 e. The number of thiophene rings is 1. The van der Waals surface area contributed by atoms with Crippen LogP contribution in [0.15, 0.2) is 18.3 Å². The highest BCUT2D eigenvalue weighted by atomic mass is 32.1. The van der Waals surface area contributed by atoms with Crippen LogP contribution in [0.2, 0.25) is 0 Å².